The molecule has 3 N–H and O–H groups in total. The van der Waals surface area contributed by atoms with Gasteiger partial charge in [-0.05, 0) is 23.1 Å². The predicted molar refractivity (Wildman–Crippen MR) is 131 cm³/mol. The number of amides is 1. The van der Waals surface area contributed by atoms with Crippen molar-refractivity contribution in [2.24, 2.45) is 4.99 Å². The summed E-state index contributed by atoms with van der Waals surface area (Å²) in [7, 11) is -0.246. The summed E-state index contributed by atoms with van der Waals surface area (Å²) in [6, 6.07) is 11.1. The molecule has 1 atom stereocenters. The lowest BCUT2D eigenvalue weighted by atomic mass is 9.90. The van der Waals surface area contributed by atoms with Crippen LogP contribution in [0.5, 0.6) is 0 Å². The second-order valence-electron chi connectivity index (χ2n) is 6.68. The van der Waals surface area contributed by atoms with Crippen molar-refractivity contribution in [2.75, 3.05) is 39.0 Å². The number of anilines is 1. The number of benzene rings is 1. The van der Waals surface area contributed by atoms with Crippen LogP contribution in [0.15, 0.2) is 51.0 Å². The molecule has 1 aromatic carbocycles. The van der Waals surface area contributed by atoms with Crippen LogP contribution >= 0.6 is 35.3 Å². The van der Waals surface area contributed by atoms with Gasteiger partial charge >= 0.3 is 0 Å². The average molecular weight is 563 g/mol. The summed E-state index contributed by atoms with van der Waals surface area (Å²) in [6.45, 7) is 1.26. The van der Waals surface area contributed by atoms with Gasteiger partial charge < -0.3 is 16.0 Å². The molecule has 0 saturated heterocycles. The topological polar surface area (TPSA) is 103 Å². The molecule has 1 amide bonds. The lowest BCUT2D eigenvalue weighted by molar-refractivity contribution is -0.116. The third-order valence-electron chi connectivity index (χ3n) is 4.72. The molecule has 0 bridgehead atoms. The SMILES string of the molecule is CN=C(NCCN(C)S(=O)(=O)c1cccs1)NCC1CC(=O)Nc2ccccc21.I. The van der Waals surface area contributed by atoms with E-state index in [2.05, 4.69) is 20.9 Å². The number of hydrogen-bond donors (Lipinski definition) is 3. The predicted octanol–water partition coefficient (Wildman–Crippen LogP) is 2.28. The minimum absolute atomic E-state index is 0. The van der Waals surface area contributed by atoms with Gasteiger partial charge in [0.15, 0.2) is 5.96 Å². The van der Waals surface area contributed by atoms with Crippen LogP contribution in [-0.2, 0) is 14.8 Å². The molecule has 0 aliphatic carbocycles. The van der Waals surface area contributed by atoms with E-state index < -0.39 is 10.0 Å². The molecule has 0 radical (unpaired) electrons. The highest BCUT2D eigenvalue weighted by Gasteiger charge is 2.25. The average Bonchev–Trinajstić information content (AvgIpc) is 3.25. The van der Waals surface area contributed by atoms with Crippen molar-refractivity contribution >= 4 is 62.9 Å². The molecule has 164 valence electrons. The maximum absolute atomic E-state index is 12.4. The van der Waals surface area contributed by atoms with Gasteiger partial charge in [0.05, 0.1) is 0 Å². The van der Waals surface area contributed by atoms with Crippen molar-refractivity contribution in [1.82, 2.24) is 14.9 Å². The van der Waals surface area contributed by atoms with Gasteiger partial charge in [0.25, 0.3) is 10.0 Å². The van der Waals surface area contributed by atoms with Gasteiger partial charge in [0.1, 0.15) is 4.21 Å². The van der Waals surface area contributed by atoms with Gasteiger partial charge in [-0.25, -0.2) is 8.42 Å². The summed E-state index contributed by atoms with van der Waals surface area (Å²) in [5.74, 6) is 0.606. The first kappa shape index (κ1) is 24.6. The van der Waals surface area contributed by atoms with Crippen LogP contribution in [0.2, 0.25) is 0 Å². The number of hydrogen-bond acceptors (Lipinski definition) is 5. The Hall–Kier alpha value is -1.70. The van der Waals surface area contributed by atoms with Crippen molar-refractivity contribution in [3.63, 3.8) is 0 Å². The third-order valence-corrected chi connectivity index (χ3v) is 7.95. The zero-order chi connectivity index (χ0) is 20.9. The van der Waals surface area contributed by atoms with Gasteiger partial charge in [0.2, 0.25) is 5.91 Å². The summed E-state index contributed by atoms with van der Waals surface area (Å²) in [5, 5.41) is 11.0. The fraction of sp³-hybridized carbons (Fsp3) is 0.368. The van der Waals surface area contributed by atoms with Gasteiger partial charge in [-0.15, -0.1) is 35.3 Å². The number of halogens is 1. The smallest absolute Gasteiger partial charge is 0.252 e. The molecule has 0 fully saturated rings. The van der Waals surface area contributed by atoms with Crippen LogP contribution in [0.3, 0.4) is 0 Å². The van der Waals surface area contributed by atoms with Crippen LogP contribution in [0.25, 0.3) is 0 Å². The molecular weight excluding hydrogens is 537 g/mol. The number of rotatable bonds is 7. The number of aliphatic imine (C=N–C) groups is 1. The fourth-order valence-electron chi connectivity index (χ4n) is 3.14. The van der Waals surface area contributed by atoms with Gasteiger partial charge in [-0.3, -0.25) is 9.79 Å². The van der Waals surface area contributed by atoms with Crippen molar-refractivity contribution in [2.45, 2.75) is 16.5 Å². The number of para-hydroxylation sites is 1. The summed E-state index contributed by atoms with van der Waals surface area (Å²) in [5.41, 5.74) is 1.94. The van der Waals surface area contributed by atoms with Gasteiger partial charge in [0, 0.05) is 51.8 Å². The Morgan fingerprint density at radius 1 is 1.27 bits per heavy atom. The van der Waals surface area contributed by atoms with E-state index in [1.54, 1.807) is 31.6 Å². The minimum atomic E-state index is -3.46. The first-order chi connectivity index (χ1) is 13.9. The maximum Gasteiger partial charge on any atom is 0.252 e. The Balaban J connectivity index is 0.00000320. The third kappa shape index (κ3) is 5.93. The molecule has 1 aromatic heterocycles. The highest BCUT2D eigenvalue weighted by molar-refractivity contribution is 14.0. The highest BCUT2D eigenvalue weighted by Crippen LogP contribution is 2.31. The number of carbonyl (C=O) groups is 1. The number of sulfonamides is 1. The summed E-state index contributed by atoms with van der Waals surface area (Å²) >= 11 is 1.20. The second-order valence-corrected chi connectivity index (χ2v) is 9.89. The van der Waals surface area contributed by atoms with Crippen molar-refractivity contribution in [1.29, 1.82) is 0 Å². The summed E-state index contributed by atoms with van der Waals surface area (Å²) < 4.78 is 26.5. The van der Waals surface area contributed by atoms with Gasteiger partial charge in [-0.1, -0.05) is 24.3 Å². The molecule has 1 unspecified atom stereocenters. The molecule has 1 aliphatic heterocycles. The standard InChI is InChI=1S/C19H25N5O3S2.HI/c1-20-19(21-9-10-24(2)29(26,27)18-8-5-11-28-18)22-13-14-12-17(25)23-16-7-4-3-6-15(14)16;/h3-8,11,14H,9-10,12-13H2,1-2H3,(H,23,25)(H2,20,21,22);1H. The van der Waals surface area contributed by atoms with E-state index >= 15 is 0 Å². The van der Waals surface area contributed by atoms with Crippen LogP contribution in [-0.4, -0.2) is 58.3 Å². The van der Waals surface area contributed by atoms with Crippen molar-refractivity contribution in [3.05, 3.63) is 47.3 Å². The fourth-order valence-corrected chi connectivity index (χ4v) is 5.51. The quantitative estimate of drug-likeness (QED) is 0.273. The molecular formula is C19H26IN5O3S2. The first-order valence-electron chi connectivity index (χ1n) is 9.25. The zero-order valence-electron chi connectivity index (χ0n) is 16.8. The molecule has 2 aromatic rings. The lowest BCUT2D eigenvalue weighted by Gasteiger charge is -2.26. The van der Waals surface area contributed by atoms with E-state index in [1.165, 1.54) is 15.6 Å². The second kappa shape index (κ2) is 11.1. The Bertz CT molecular complexity index is 980. The molecule has 8 nitrogen and oxygen atoms in total. The summed E-state index contributed by atoms with van der Waals surface area (Å²) in [6.07, 6.45) is 0.406. The molecule has 3 rings (SSSR count). The molecule has 0 spiro atoms. The Labute approximate surface area is 198 Å². The van der Waals surface area contributed by atoms with E-state index in [0.717, 1.165) is 11.3 Å². The monoisotopic (exact) mass is 563 g/mol. The number of fused-ring (bicyclic) bond motifs is 1. The first-order valence-corrected chi connectivity index (χ1v) is 11.6. The molecule has 0 saturated carbocycles. The number of carbonyl (C=O) groups excluding carboxylic acids is 1. The van der Waals surface area contributed by atoms with E-state index in [9.17, 15) is 13.2 Å². The van der Waals surface area contributed by atoms with Crippen molar-refractivity contribution < 1.29 is 13.2 Å². The van der Waals surface area contributed by atoms with Crippen LogP contribution in [0.1, 0.15) is 17.9 Å². The van der Waals surface area contributed by atoms with E-state index in [4.69, 9.17) is 0 Å². The largest absolute Gasteiger partial charge is 0.356 e. The molecule has 1 aliphatic rings. The van der Waals surface area contributed by atoms with E-state index in [1.807, 2.05) is 24.3 Å². The number of nitrogens with one attached hydrogen (secondary N) is 3. The minimum Gasteiger partial charge on any atom is -0.356 e. The number of likely N-dealkylation sites (N-methyl/N-ethyl adjacent to an activating group) is 1. The van der Waals surface area contributed by atoms with Crippen LogP contribution in [0, 0.1) is 0 Å². The zero-order valence-corrected chi connectivity index (χ0v) is 20.8. The summed E-state index contributed by atoms with van der Waals surface area (Å²) in [4.78, 5) is 16.1. The number of guanidine groups is 1. The maximum atomic E-state index is 12.4. The molecule has 2 heterocycles. The Morgan fingerprint density at radius 3 is 2.73 bits per heavy atom. The lowest BCUT2D eigenvalue weighted by Crippen LogP contribution is -2.43. The van der Waals surface area contributed by atoms with Crippen molar-refractivity contribution in [3.8, 4) is 0 Å². The number of thiophene rings is 1. The Morgan fingerprint density at radius 2 is 2.03 bits per heavy atom. The van der Waals surface area contributed by atoms with E-state index in [0.29, 0.717) is 36.2 Å². The molecule has 30 heavy (non-hydrogen) atoms. The van der Waals surface area contributed by atoms with E-state index in [-0.39, 0.29) is 35.8 Å². The van der Waals surface area contributed by atoms with Crippen LogP contribution < -0.4 is 16.0 Å². The van der Waals surface area contributed by atoms with Gasteiger partial charge in [-0.2, -0.15) is 4.31 Å². The van der Waals surface area contributed by atoms with Crippen LogP contribution in [0.4, 0.5) is 5.69 Å². The number of nitrogens with zero attached hydrogens (tertiary/aromatic N) is 2. The highest BCUT2D eigenvalue weighted by atomic mass is 127. The molecule has 11 heteroatoms. The Kier molecular flexibility index (Phi) is 9.07. The normalized spacial score (nSPS) is 16.4.